The van der Waals surface area contributed by atoms with E-state index < -0.39 is 11.5 Å². The molecule has 1 unspecified atom stereocenters. The lowest BCUT2D eigenvalue weighted by molar-refractivity contribution is -0.144. The fourth-order valence-electron chi connectivity index (χ4n) is 1.88. The average molecular weight is 295 g/mol. The van der Waals surface area contributed by atoms with Crippen molar-refractivity contribution in [1.29, 1.82) is 0 Å². The molecule has 0 spiro atoms. The monoisotopic (exact) mass is 295 g/mol. The minimum atomic E-state index is -0.980. The summed E-state index contributed by atoms with van der Waals surface area (Å²) >= 11 is 1.56. The SMILES string of the molecule is CCCC(C)(NCc1nc(-c2ccsc2)no1)C(=O)O. The number of carboxylic acids is 1. The second-order valence-corrected chi connectivity index (χ2v) is 5.54. The van der Waals surface area contributed by atoms with E-state index in [4.69, 9.17) is 4.52 Å². The molecule has 2 N–H and O–H groups in total. The van der Waals surface area contributed by atoms with Crippen molar-refractivity contribution in [3.63, 3.8) is 0 Å². The zero-order valence-electron chi connectivity index (χ0n) is 11.4. The van der Waals surface area contributed by atoms with Crippen LogP contribution in [-0.2, 0) is 11.3 Å². The molecule has 0 aromatic carbocycles. The molecule has 20 heavy (non-hydrogen) atoms. The molecule has 2 aromatic rings. The van der Waals surface area contributed by atoms with E-state index >= 15 is 0 Å². The van der Waals surface area contributed by atoms with Crippen LogP contribution in [0.5, 0.6) is 0 Å². The van der Waals surface area contributed by atoms with Crippen LogP contribution in [0.1, 0.15) is 32.6 Å². The van der Waals surface area contributed by atoms with Crippen molar-refractivity contribution in [2.75, 3.05) is 0 Å². The van der Waals surface area contributed by atoms with Crippen LogP contribution in [0.25, 0.3) is 11.4 Å². The Morgan fingerprint density at radius 2 is 2.40 bits per heavy atom. The van der Waals surface area contributed by atoms with Gasteiger partial charge in [0.15, 0.2) is 0 Å². The largest absolute Gasteiger partial charge is 0.480 e. The molecule has 7 heteroatoms. The maximum atomic E-state index is 11.3. The zero-order chi connectivity index (χ0) is 14.6. The molecule has 6 nitrogen and oxygen atoms in total. The third-order valence-corrected chi connectivity index (χ3v) is 3.78. The quantitative estimate of drug-likeness (QED) is 0.816. The number of thiophene rings is 1. The number of nitrogens with one attached hydrogen (secondary N) is 1. The number of nitrogens with zero attached hydrogens (tertiary/aromatic N) is 2. The smallest absolute Gasteiger partial charge is 0.323 e. The first-order valence-electron chi connectivity index (χ1n) is 6.39. The van der Waals surface area contributed by atoms with Gasteiger partial charge in [0, 0.05) is 10.9 Å². The molecule has 108 valence electrons. The highest BCUT2D eigenvalue weighted by atomic mass is 32.1. The van der Waals surface area contributed by atoms with Crippen molar-refractivity contribution in [3.05, 3.63) is 22.7 Å². The van der Waals surface area contributed by atoms with Crippen LogP contribution in [0.2, 0.25) is 0 Å². The molecule has 1 atom stereocenters. The summed E-state index contributed by atoms with van der Waals surface area (Å²) in [6.07, 6.45) is 1.31. The number of aliphatic carboxylic acids is 1. The van der Waals surface area contributed by atoms with Gasteiger partial charge in [0.2, 0.25) is 11.7 Å². The zero-order valence-corrected chi connectivity index (χ0v) is 12.2. The predicted molar refractivity (Wildman–Crippen MR) is 75.4 cm³/mol. The molecule has 0 aliphatic rings. The van der Waals surface area contributed by atoms with Gasteiger partial charge in [-0.25, -0.2) is 0 Å². The van der Waals surface area contributed by atoms with Gasteiger partial charge in [-0.15, -0.1) is 0 Å². The second kappa shape index (κ2) is 6.15. The molecule has 2 heterocycles. The minimum Gasteiger partial charge on any atom is -0.480 e. The van der Waals surface area contributed by atoms with Crippen LogP contribution in [0.3, 0.4) is 0 Å². The van der Waals surface area contributed by atoms with Gasteiger partial charge in [-0.2, -0.15) is 16.3 Å². The molecule has 0 aliphatic heterocycles. The van der Waals surface area contributed by atoms with Crippen LogP contribution in [0.4, 0.5) is 0 Å². The molecule has 0 aliphatic carbocycles. The molecule has 0 bridgehead atoms. The predicted octanol–water partition coefficient (Wildman–Crippen LogP) is 2.53. The van der Waals surface area contributed by atoms with Gasteiger partial charge in [0.05, 0.1) is 6.54 Å². The molecule has 2 aromatic heterocycles. The van der Waals surface area contributed by atoms with Crippen molar-refractivity contribution in [2.24, 2.45) is 0 Å². The lowest BCUT2D eigenvalue weighted by Crippen LogP contribution is -2.48. The summed E-state index contributed by atoms with van der Waals surface area (Å²) in [6.45, 7) is 3.85. The maximum Gasteiger partial charge on any atom is 0.323 e. The Kier molecular flexibility index (Phi) is 4.51. The van der Waals surface area contributed by atoms with Gasteiger partial charge in [0.1, 0.15) is 5.54 Å². The van der Waals surface area contributed by atoms with Gasteiger partial charge in [-0.05, 0) is 24.8 Å². The third-order valence-electron chi connectivity index (χ3n) is 3.10. The van der Waals surface area contributed by atoms with E-state index in [-0.39, 0.29) is 6.54 Å². The van der Waals surface area contributed by atoms with Crippen LogP contribution >= 0.6 is 11.3 Å². The normalized spacial score (nSPS) is 14.1. The maximum absolute atomic E-state index is 11.3. The van der Waals surface area contributed by atoms with E-state index in [0.29, 0.717) is 18.1 Å². The van der Waals surface area contributed by atoms with Crippen molar-refractivity contribution in [1.82, 2.24) is 15.5 Å². The van der Waals surface area contributed by atoms with Crippen LogP contribution in [0, 0.1) is 0 Å². The van der Waals surface area contributed by atoms with Crippen molar-refractivity contribution in [3.8, 4) is 11.4 Å². The van der Waals surface area contributed by atoms with E-state index in [1.165, 1.54) is 0 Å². The average Bonchev–Trinajstić information content (AvgIpc) is 3.07. The molecular weight excluding hydrogens is 278 g/mol. The summed E-state index contributed by atoms with van der Waals surface area (Å²) in [5.74, 6) is 0.0299. The summed E-state index contributed by atoms with van der Waals surface area (Å²) in [6, 6.07) is 1.91. The van der Waals surface area contributed by atoms with E-state index in [2.05, 4.69) is 15.5 Å². The van der Waals surface area contributed by atoms with Gasteiger partial charge in [-0.1, -0.05) is 18.5 Å². The Hall–Kier alpha value is -1.73. The molecule has 0 fully saturated rings. The van der Waals surface area contributed by atoms with Crippen molar-refractivity contribution in [2.45, 2.75) is 38.8 Å². The summed E-state index contributed by atoms with van der Waals surface area (Å²) in [5, 5.41) is 20.0. The summed E-state index contributed by atoms with van der Waals surface area (Å²) in [5.41, 5.74) is -0.0780. The third kappa shape index (κ3) is 3.23. The van der Waals surface area contributed by atoms with Crippen LogP contribution in [0.15, 0.2) is 21.3 Å². The number of hydrogen-bond acceptors (Lipinski definition) is 6. The Labute approximate surface area is 120 Å². The standard InChI is InChI=1S/C13H17N3O3S/c1-3-5-13(2,12(17)18)14-7-10-15-11(16-19-10)9-4-6-20-8-9/h4,6,8,14H,3,5,7H2,1-2H3,(H,17,18). The number of carbonyl (C=O) groups is 1. The fraction of sp³-hybridized carbons (Fsp3) is 0.462. The van der Waals surface area contributed by atoms with Crippen LogP contribution < -0.4 is 5.32 Å². The number of rotatable bonds is 7. The summed E-state index contributed by atoms with van der Waals surface area (Å²) < 4.78 is 5.13. The number of hydrogen-bond donors (Lipinski definition) is 2. The highest BCUT2D eigenvalue weighted by molar-refractivity contribution is 7.08. The van der Waals surface area contributed by atoms with Gasteiger partial charge < -0.3 is 9.63 Å². The molecule has 0 saturated heterocycles. The second-order valence-electron chi connectivity index (χ2n) is 4.76. The van der Waals surface area contributed by atoms with E-state index in [0.717, 1.165) is 12.0 Å². The molecule has 0 amide bonds. The Morgan fingerprint density at radius 1 is 1.60 bits per heavy atom. The summed E-state index contributed by atoms with van der Waals surface area (Å²) in [4.78, 5) is 15.5. The number of carboxylic acid groups (broad SMARTS) is 1. The van der Waals surface area contributed by atoms with Crippen molar-refractivity contribution >= 4 is 17.3 Å². The van der Waals surface area contributed by atoms with E-state index in [1.54, 1.807) is 18.3 Å². The topological polar surface area (TPSA) is 88.3 Å². The van der Waals surface area contributed by atoms with Gasteiger partial charge in [-0.3, -0.25) is 10.1 Å². The van der Waals surface area contributed by atoms with E-state index in [1.807, 2.05) is 23.8 Å². The Balaban J connectivity index is 2.02. The fourth-order valence-corrected chi connectivity index (χ4v) is 2.51. The molecule has 0 saturated carbocycles. The first kappa shape index (κ1) is 14.7. The molecular formula is C13H17N3O3S. The Morgan fingerprint density at radius 3 is 3.00 bits per heavy atom. The van der Waals surface area contributed by atoms with Crippen LogP contribution in [-0.4, -0.2) is 26.8 Å². The lowest BCUT2D eigenvalue weighted by Gasteiger charge is -2.24. The van der Waals surface area contributed by atoms with E-state index in [9.17, 15) is 9.90 Å². The Bertz CT molecular complexity index is 567. The highest BCUT2D eigenvalue weighted by Gasteiger charge is 2.31. The van der Waals surface area contributed by atoms with Gasteiger partial charge >= 0.3 is 5.97 Å². The highest BCUT2D eigenvalue weighted by Crippen LogP contribution is 2.19. The first-order chi connectivity index (χ1) is 9.55. The molecule has 2 rings (SSSR count). The lowest BCUT2D eigenvalue weighted by atomic mass is 9.96. The van der Waals surface area contributed by atoms with Crippen molar-refractivity contribution < 1.29 is 14.4 Å². The number of aromatic nitrogens is 2. The first-order valence-corrected chi connectivity index (χ1v) is 7.33. The van der Waals surface area contributed by atoms with Gasteiger partial charge in [0.25, 0.3) is 0 Å². The molecule has 0 radical (unpaired) electrons. The minimum absolute atomic E-state index is 0.236. The summed E-state index contributed by atoms with van der Waals surface area (Å²) in [7, 11) is 0.